The van der Waals surface area contributed by atoms with E-state index in [1.165, 1.54) is 0 Å². The van der Waals surface area contributed by atoms with Gasteiger partial charge >= 0.3 is 0 Å². The topological polar surface area (TPSA) is 50.6 Å². The molecule has 0 aromatic heterocycles. The minimum Gasteiger partial charge on any atom is -0.287 e. The van der Waals surface area contributed by atoms with E-state index in [2.05, 4.69) is 4.90 Å². The third-order valence-electron chi connectivity index (χ3n) is 4.00. The van der Waals surface area contributed by atoms with Crippen molar-refractivity contribution >= 4 is 29.0 Å². The molecule has 120 valence electrons. The molecular formula is C17H17Cl2N3O. The number of halogens is 2. The highest BCUT2D eigenvalue weighted by molar-refractivity contribution is 6.31. The molecule has 1 unspecified atom stereocenters. The molecule has 1 atom stereocenters. The Bertz CT molecular complexity index is 722. The van der Waals surface area contributed by atoms with E-state index >= 15 is 0 Å². The highest BCUT2D eigenvalue weighted by atomic mass is 35.5. The van der Waals surface area contributed by atoms with Crippen molar-refractivity contribution in [1.29, 1.82) is 5.41 Å². The lowest BCUT2D eigenvalue weighted by Crippen LogP contribution is -2.48. The molecule has 4 nitrogen and oxygen atoms in total. The molecule has 0 bridgehead atoms. The lowest BCUT2D eigenvalue weighted by Gasteiger charge is -2.42. The van der Waals surface area contributed by atoms with Crippen LogP contribution >= 0.6 is 23.2 Å². The van der Waals surface area contributed by atoms with Crippen molar-refractivity contribution in [2.75, 3.05) is 6.54 Å². The zero-order valence-corrected chi connectivity index (χ0v) is 13.9. The molecule has 6 heteroatoms. The molecular weight excluding hydrogens is 333 g/mol. The number of hydrogen-bond acceptors (Lipinski definition) is 3. The monoisotopic (exact) mass is 349 g/mol. The van der Waals surface area contributed by atoms with Gasteiger partial charge < -0.3 is 0 Å². The molecule has 0 spiro atoms. The molecule has 0 saturated carbocycles. The molecule has 1 aliphatic rings. The van der Waals surface area contributed by atoms with Crippen LogP contribution in [0.2, 0.25) is 10.0 Å². The van der Waals surface area contributed by atoms with Gasteiger partial charge in [-0.05, 0) is 17.7 Å². The van der Waals surface area contributed by atoms with E-state index in [0.717, 1.165) is 16.2 Å². The quantitative estimate of drug-likeness (QED) is 0.853. The van der Waals surface area contributed by atoms with Gasteiger partial charge in [-0.2, -0.15) is 0 Å². The van der Waals surface area contributed by atoms with Gasteiger partial charge in [-0.15, -0.1) is 0 Å². The number of hydrogen-bond donors (Lipinski definition) is 2. The average molecular weight is 350 g/mol. The zero-order chi connectivity index (χ0) is 16.4. The predicted octanol–water partition coefficient (Wildman–Crippen LogP) is 4.57. The number of nitrogens with zero attached hydrogens (tertiary/aromatic N) is 2. The standard InChI is InChI=1S/C17H17Cl2N3O/c18-14-7-3-1-5-12(14)11-21-10-9-16(20)22(23)17(21)13-6-2-4-8-15(13)19/h1-8,17,20,23H,9-11H2. The summed E-state index contributed by atoms with van der Waals surface area (Å²) < 4.78 is 0. The minimum atomic E-state index is -0.499. The van der Waals surface area contributed by atoms with Gasteiger partial charge in [0.25, 0.3) is 0 Å². The van der Waals surface area contributed by atoms with E-state index in [9.17, 15) is 5.21 Å². The third kappa shape index (κ3) is 3.35. The fraction of sp³-hybridized carbons (Fsp3) is 0.235. The van der Waals surface area contributed by atoms with E-state index in [-0.39, 0.29) is 5.84 Å². The Labute approximate surface area is 145 Å². The molecule has 1 fully saturated rings. The second-order valence-electron chi connectivity index (χ2n) is 5.50. The summed E-state index contributed by atoms with van der Waals surface area (Å²) in [6.07, 6.45) is -0.0248. The Balaban J connectivity index is 1.95. The largest absolute Gasteiger partial charge is 0.287 e. The maximum absolute atomic E-state index is 10.4. The van der Waals surface area contributed by atoms with Crippen molar-refractivity contribution in [2.45, 2.75) is 19.1 Å². The summed E-state index contributed by atoms with van der Waals surface area (Å²) >= 11 is 12.6. The average Bonchev–Trinajstić information content (AvgIpc) is 2.54. The molecule has 0 aliphatic carbocycles. The Hall–Kier alpha value is -1.59. The summed E-state index contributed by atoms with van der Waals surface area (Å²) in [5.41, 5.74) is 1.75. The van der Waals surface area contributed by atoms with Gasteiger partial charge in [-0.3, -0.25) is 15.5 Å². The highest BCUT2D eigenvalue weighted by Crippen LogP contribution is 2.34. The molecule has 1 aliphatic heterocycles. The smallest absolute Gasteiger partial charge is 0.137 e. The van der Waals surface area contributed by atoms with Crippen LogP contribution in [0.15, 0.2) is 48.5 Å². The van der Waals surface area contributed by atoms with Crippen LogP contribution in [-0.2, 0) is 6.54 Å². The van der Waals surface area contributed by atoms with Crippen molar-refractivity contribution in [1.82, 2.24) is 9.96 Å². The van der Waals surface area contributed by atoms with Gasteiger partial charge in [0.15, 0.2) is 0 Å². The van der Waals surface area contributed by atoms with Crippen molar-refractivity contribution in [3.05, 3.63) is 69.7 Å². The van der Waals surface area contributed by atoms with Crippen molar-refractivity contribution < 1.29 is 5.21 Å². The van der Waals surface area contributed by atoms with Gasteiger partial charge in [-0.25, -0.2) is 5.06 Å². The first-order chi connectivity index (χ1) is 11.1. The van der Waals surface area contributed by atoms with Crippen LogP contribution in [0, 0.1) is 5.41 Å². The zero-order valence-electron chi connectivity index (χ0n) is 12.4. The van der Waals surface area contributed by atoms with Crippen molar-refractivity contribution in [3.8, 4) is 0 Å². The van der Waals surface area contributed by atoms with Crippen LogP contribution in [0.4, 0.5) is 0 Å². The first-order valence-electron chi connectivity index (χ1n) is 7.35. The van der Waals surface area contributed by atoms with Gasteiger partial charge in [-0.1, -0.05) is 59.6 Å². The Morgan fingerprint density at radius 2 is 1.70 bits per heavy atom. The van der Waals surface area contributed by atoms with E-state index in [0.29, 0.717) is 29.6 Å². The molecule has 1 saturated heterocycles. The fourth-order valence-electron chi connectivity index (χ4n) is 2.81. The number of hydroxylamine groups is 2. The molecule has 0 amide bonds. The normalized spacial score (nSPS) is 19.2. The first kappa shape index (κ1) is 16.3. The molecule has 2 aromatic carbocycles. The lowest BCUT2D eigenvalue weighted by molar-refractivity contribution is -0.131. The van der Waals surface area contributed by atoms with Gasteiger partial charge in [0.05, 0.1) is 0 Å². The third-order valence-corrected chi connectivity index (χ3v) is 4.72. The summed E-state index contributed by atoms with van der Waals surface area (Å²) in [6.45, 7) is 1.22. The highest BCUT2D eigenvalue weighted by Gasteiger charge is 2.34. The van der Waals surface area contributed by atoms with Crippen LogP contribution in [-0.4, -0.2) is 27.6 Å². The Morgan fingerprint density at radius 3 is 2.39 bits per heavy atom. The van der Waals surface area contributed by atoms with Crippen LogP contribution in [0.25, 0.3) is 0 Å². The SMILES string of the molecule is N=C1CCN(Cc2ccccc2Cl)C(c2ccccc2Cl)N1O. The van der Waals surface area contributed by atoms with Crippen LogP contribution < -0.4 is 0 Å². The van der Waals surface area contributed by atoms with Gasteiger partial charge in [0.2, 0.25) is 0 Å². The Kier molecular flexibility index (Phi) is 4.87. The summed E-state index contributed by atoms with van der Waals surface area (Å²) in [5.74, 6) is 0.185. The fourth-order valence-corrected chi connectivity index (χ4v) is 3.24. The molecule has 23 heavy (non-hydrogen) atoms. The van der Waals surface area contributed by atoms with E-state index in [4.69, 9.17) is 28.6 Å². The maximum Gasteiger partial charge on any atom is 0.137 e. The number of amidine groups is 1. The van der Waals surface area contributed by atoms with Crippen LogP contribution in [0.3, 0.4) is 0 Å². The molecule has 2 N–H and O–H groups in total. The summed E-state index contributed by atoms with van der Waals surface area (Å²) in [4.78, 5) is 2.07. The van der Waals surface area contributed by atoms with E-state index in [1.54, 1.807) is 6.07 Å². The predicted molar refractivity (Wildman–Crippen MR) is 92.0 cm³/mol. The minimum absolute atomic E-state index is 0.185. The van der Waals surface area contributed by atoms with Crippen LogP contribution in [0.5, 0.6) is 0 Å². The molecule has 1 heterocycles. The van der Waals surface area contributed by atoms with E-state index < -0.39 is 6.17 Å². The lowest BCUT2D eigenvalue weighted by atomic mass is 10.1. The van der Waals surface area contributed by atoms with Crippen molar-refractivity contribution in [3.63, 3.8) is 0 Å². The summed E-state index contributed by atoms with van der Waals surface area (Å²) in [7, 11) is 0. The second kappa shape index (κ2) is 6.89. The second-order valence-corrected chi connectivity index (χ2v) is 6.31. The van der Waals surface area contributed by atoms with Crippen LogP contribution in [0.1, 0.15) is 23.7 Å². The molecule has 2 aromatic rings. The first-order valence-corrected chi connectivity index (χ1v) is 8.11. The number of rotatable bonds is 3. The van der Waals surface area contributed by atoms with Crippen molar-refractivity contribution in [2.24, 2.45) is 0 Å². The molecule has 3 rings (SSSR count). The van der Waals surface area contributed by atoms with Gasteiger partial charge in [0.1, 0.15) is 12.0 Å². The maximum atomic E-state index is 10.4. The number of benzene rings is 2. The van der Waals surface area contributed by atoms with Gasteiger partial charge in [0, 0.05) is 35.1 Å². The Morgan fingerprint density at radius 1 is 1.04 bits per heavy atom. The molecule has 0 radical (unpaired) electrons. The number of nitrogens with one attached hydrogen (secondary N) is 1. The summed E-state index contributed by atoms with van der Waals surface area (Å²) in [6, 6.07) is 15.0. The van der Waals surface area contributed by atoms with E-state index in [1.807, 2.05) is 42.5 Å². The summed E-state index contributed by atoms with van der Waals surface area (Å²) in [5, 5.41) is 20.6.